The second-order valence-corrected chi connectivity index (χ2v) is 4.80. The number of nitrogens with zero attached hydrogens (tertiary/aromatic N) is 1. The smallest absolute Gasteiger partial charge is 0.0594 e. The molecule has 2 N–H and O–H groups in total. The summed E-state index contributed by atoms with van der Waals surface area (Å²) >= 11 is 0. The summed E-state index contributed by atoms with van der Waals surface area (Å²) < 4.78 is 5.36. The zero-order valence-electron chi connectivity index (χ0n) is 9.00. The summed E-state index contributed by atoms with van der Waals surface area (Å²) in [4.78, 5) is 2.53. The summed E-state index contributed by atoms with van der Waals surface area (Å²) in [5, 5.41) is 0. The van der Waals surface area contributed by atoms with Gasteiger partial charge in [0.25, 0.3) is 0 Å². The Morgan fingerprint density at radius 2 is 1.79 bits per heavy atom. The van der Waals surface area contributed by atoms with Crippen LogP contribution in [0.25, 0.3) is 0 Å². The molecule has 1 aliphatic heterocycles. The lowest BCUT2D eigenvalue weighted by Crippen LogP contribution is -2.45. The number of morpholine rings is 1. The molecule has 0 unspecified atom stereocenters. The average Bonchev–Trinajstić information content (AvgIpc) is 2.69. The third-order valence-electron chi connectivity index (χ3n) is 3.76. The molecule has 2 rings (SSSR count). The van der Waals surface area contributed by atoms with Crippen molar-refractivity contribution in [2.75, 3.05) is 39.4 Å². The minimum atomic E-state index is 0.442. The third-order valence-corrected chi connectivity index (χ3v) is 3.76. The van der Waals surface area contributed by atoms with Crippen molar-refractivity contribution in [2.45, 2.75) is 25.7 Å². The molecule has 0 amide bonds. The van der Waals surface area contributed by atoms with E-state index in [4.69, 9.17) is 10.5 Å². The molecule has 82 valence electrons. The molecule has 3 heteroatoms. The van der Waals surface area contributed by atoms with Crippen molar-refractivity contribution in [3.05, 3.63) is 0 Å². The predicted molar refractivity (Wildman–Crippen MR) is 57.2 cm³/mol. The Morgan fingerprint density at radius 1 is 1.14 bits per heavy atom. The summed E-state index contributed by atoms with van der Waals surface area (Å²) in [6.45, 7) is 6.07. The van der Waals surface area contributed by atoms with Crippen molar-refractivity contribution in [1.29, 1.82) is 0 Å². The van der Waals surface area contributed by atoms with Gasteiger partial charge in [-0.05, 0) is 24.8 Å². The van der Waals surface area contributed by atoms with Gasteiger partial charge in [-0.3, -0.25) is 4.90 Å². The van der Waals surface area contributed by atoms with E-state index in [-0.39, 0.29) is 0 Å². The Bertz CT molecular complexity index is 172. The van der Waals surface area contributed by atoms with Gasteiger partial charge in [-0.1, -0.05) is 12.8 Å². The standard InChI is InChI=1S/C11H22N2O/c12-9-11(3-1-2-4-11)10-13-5-7-14-8-6-13/h1-10,12H2. The van der Waals surface area contributed by atoms with Gasteiger partial charge in [0.1, 0.15) is 0 Å². The van der Waals surface area contributed by atoms with Gasteiger partial charge in [0, 0.05) is 19.6 Å². The molecule has 0 aromatic heterocycles. The Labute approximate surface area is 86.6 Å². The first-order chi connectivity index (χ1) is 6.85. The van der Waals surface area contributed by atoms with Gasteiger partial charge >= 0.3 is 0 Å². The van der Waals surface area contributed by atoms with E-state index in [1.54, 1.807) is 0 Å². The van der Waals surface area contributed by atoms with Gasteiger partial charge in [0.15, 0.2) is 0 Å². The van der Waals surface area contributed by atoms with Crippen molar-refractivity contribution in [3.63, 3.8) is 0 Å². The lowest BCUT2D eigenvalue weighted by Gasteiger charge is -2.36. The van der Waals surface area contributed by atoms with Gasteiger partial charge < -0.3 is 10.5 Å². The molecular formula is C11H22N2O. The molecule has 2 fully saturated rings. The van der Waals surface area contributed by atoms with E-state index in [1.165, 1.54) is 32.2 Å². The summed E-state index contributed by atoms with van der Waals surface area (Å²) in [5.74, 6) is 0. The number of ether oxygens (including phenoxy) is 1. The highest BCUT2D eigenvalue weighted by atomic mass is 16.5. The fourth-order valence-corrected chi connectivity index (χ4v) is 2.79. The lowest BCUT2D eigenvalue weighted by atomic mass is 9.85. The Hall–Kier alpha value is -0.120. The number of hydrogen-bond donors (Lipinski definition) is 1. The fraction of sp³-hybridized carbons (Fsp3) is 1.00. The van der Waals surface area contributed by atoms with E-state index in [0.717, 1.165) is 32.8 Å². The third kappa shape index (κ3) is 2.27. The molecule has 1 heterocycles. The van der Waals surface area contributed by atoms with Gasteiger partial charge in [-0.2, -0.15) is 0 Å². The van der Waals surface area contributed by atoms with Gasteiger partial charge in [0.05, 0.1) is 13.2 Å². The number of hydrogen-bond acceptors (Lipinski definition) is 3. The Balaban J connectivity index is 1.86. The van der Waals surface area contributed by atoms with E-state index in [1.807, 2.05) is 0 Å². The zero-order valence-corrected chi connectivity index (χ0v) is 9.00. The highest BCUT2D eigenvalue weighted by Crippen LogP contribution is 2.37. The first-order valence-corrected chi connectivity index (χ1v) is 5.85. The van der Waals surface area contributed by atoms with Crippen LogP contribution < -0.4 is 5.73 Å². The molecule has 0 spiro atoms. The normalized spacial score (nSPS) is 28.1. The van der Waals surface area contributed by atoms with Crippen LogP contribution in [-0.4, -0.2) is 44.3 Å². The van der Waals surface area contributed by atoms with E-state index >= 15 is 0 Å². The molecular weight excluding hydrogens is 176 g/mol. The summed E-state index contributed by atoms with van der Waals surface area (Å²) in [7, 11) is 0. The number of rotatable bonds is 3. The first-order valence-electron chi connectivity index (χ1n) is 5.85. The largest absolute Gasteiger partial charge is 0.379 e. The summed E-state index contributed by atoms with van der Waals surface area (Å²) in [6.07, 6.45) is 5.42. The molecule has 1 aliphatic carbocycles. The van der Waals surface area contributed by atoms with Crippen molar-refractivity contribution in [1.82, 2.24) is 4.90 Å². The van der Waals surface area contributed by atoms with Crippen molar-refractivity contribution < 1.29 is 4.74 Å². The fourth-order valence-electron chi connectivity index (χ4n) is 2.79. The highest BCUT2D eigenvalue weighted by molar-refractivity contribution is 4.88. The minimum absolute atomic E-state index is 0.442. The monoisotopic (exact) mass is 198 g/mol. The van der Waals surface area contributed by atoms with Crippen LogP contribution in [-0.2, 0) is 4.74 Å². The summed E-state index contributed by atoms with van der Waals surface area (Å²) in [5.41, 5.74) is 6.37. The van der Waals surface area contributed by atoms with Gasteiger partial charge in [-0.25, -0.2) is 0 Å². The minimum Gasteiger partial charge on any atom is -0.379 e. The molecule has 0 aromatic rings. The van der Waals surface area contributed by atoms with Crippen molar-refractivity contribution in [3.8, 4) is 0 Å². The van der Waals surface area contributed by atoms with Gasteiger partial charge in [0.2, 0.25) is 0 Å². The molecule has 0 atom stereocenters. The van der Waals surface area contributed by atoms with Crippen LogP contribution >= 0.6 is 0 Å². The molecule has 1 saturated heterocycles. The van der Waals surface area contributed by atoms with Crippen LogP contribution in [0.3, 0.4) is 0 Å². The molecule has 0 bridgehead atoms. The van der Waals surface area contributed by atoms with Gasteiger partial charge in [-0.15, -0.1) is 0 Å². The van der Waals surface area contributed by atoms with Crippen LogP contribution in [0.15, 0.2) is 0 Å². The maximum atomic E-state index is 5.93. The van der Waals surface area contributed by atoms with E-state index in [9.17, 15) is 0 Å². The lowest BCUT2D eigenvalue weighted by molar-refractivity contribution is 0.0179. The summed E-state index contributed by atoms with van der Waals surface area (Å²) in [6, 6.07) is 0. The maximum Gasteiger partial charge on any atom is 0.0594 e. The number of nitrogens with two attached hydrogens (primary N) is 1. The topological polar surface area (TPSA) is 38.5 Å². The quantitative estimate of drug-likeness (QED) is 0.730. The van der Waals surface area contributed by atoms with Crippen LogP contribution in [0.4, 0.5) is 0 Å². The molecule has 1 saturated carbocycles. The van der Waals surface area contributed by atoms with Crippen molar-refractivity contribution >= 4 is 0 Å². The van der Waals surface area contributed by atoms with Crippen LogP contribution in [0, 0.1) is 5.41 Å². The molecule has 3 nitrogen and oxygen atoms in total. The second kappa shape index (κ2) is 4.60. The SMILES string of the molecule is NCC1(CN2CCOCC2)CCCC1. The van der Waals surface area contributed by atoms with Crippen LogP contribution in [0.2, 0.25) is 0 Å². The van der Waals surface area contributed by atoms with E-state index in [0.29, 0.717) is 5.41 Å². The van der Waals surface area contributed by atoms with Crippen LogP contribution in [0.1, 0.15) is 25.7 Å². The van der Waals surface area contributed by atoms with E-state index < -0.39 is 0 Å². The molecule has 0 aromatic carbocycles. The highest BCUT2D eigenvalue weighted by Gasteiger charge is 2.34. The van der Waals surface area contributed by atoms with E-state index in [2.05, 4.69) is 4.90 Å². The predicted octanol–water partition coefficient (Wildman–Crippen LogP) is 0.838. The Kier molecular flexibility index (Phi) is 3.42. The first kappa shape index (κ1) is 10.4. The average molecular weight is 198 g/mol. The Morgan fingerprint density at radius 3 is 2.36 bits per heavy atom. The molecule has 0 radical (unpaired) electrons. The molecule has 14 heavy (non-hydrogen) atoms. The van der Waals surface area contributed by atoms with Crippen LogP contribution in [0.5, 0.6) is 0 Å². The maximum absolute atomic E-state index is 5.93. The second-order valence-electron chi connectivity index (χ2n) is 4.80. The zero-order chi connectivity index (χ0) is 9.86. The van der Waals surface area contributed by atoms with Crippen molar-refractivity contribution in [2.24, 2.45) is 11.1 Å². The molecule has 2 aliphatic rings.